The Bertz CT molecular complexity index is 545. The van der Waals surface area contributed by atoms with E-state index in [1.807, 2.05) is 31.1 Å². The number of aromatic nitrogens is 3. The molecule has 2 aromatic rings. The van der Waals surface area contributed by atoms with Crippen molar-refractivity contribution in [1.29, 1.82) is 0 Å². The van der Waals surface area contributed by atoms with Gasteiger partial charge in [-0.2, -0.15) is 0 Å². The summed E-state index contributed by atoms with van der Waals surface area (Å²) in [6.45, 7) is 4.45. The van der Waals surface area contributed by atoms with E-state index in [1.54, 1.807) is 24.6 Å². The van der Waals surface area contributed by atoms with Gasteiger partial charge in [0.2, 0.25) is 0 Å². The topological polar surface area (TPSA) is 58.3 Å². The molecule has 0 aliphatic rings. The van der Waals surface area contributed by atoms with E-state index in [9.17, 15) is 0 Å². The number of nitrogens with one attached hydrogen (secondary N) is 1. The van der Waals surface area contributed by atoms with Crippen molar-refractivity contribution in [1.82, 2.24) is 24.8 Å². The maximum Gasteiger partial charge on any atom is 0.193 e. The lowest BCUT2D eigenvalue weighted by Gasteiger charge is -2.21. The summed E-state index contributed by atoms with van der Waals surface area (Å²) in [5.41, 5.74) is 1.08. The maximum absolute atomic E-state index is 4.47. The quantitative estimate of drug-likeness (QED) is 0.668. The molecule has 6 nitrogen and oxygen atoms in total. The van der Waals surface area contributed by atoms with Crippen molar-refractivity contribution < 1.29 is 0 Å². The molecule has 0 unspecified atom stereocenters. The minimum absolute atomic E-state index is 0.759. The van der Waals surface area contributed by atoms with Crippen LogP contribution in [0, 0.1) is 6.92 Å². The second kappa shape index (κ2) is 7.04. The fraction of sp³-hybridized carbons (Fsp3) is 0.462. The Kier molecular flexibility index (Phi) is 5.11. The molecule has 2 aromatic heterocycles. The van der Waals surface area contributed by atoms with Crippen LogP contribution in [0.1, 0.15) is 10.7 Å². The van der Waals surface area contributed by atoms with Gasteiger partial charge in [-0.05, 0) is 6.92 Å². The van der Waals surface area contributed by atoms with Gasteiger partial charge in [0.25, 0.3) is 0 Å². The lowest BCUT2D eigenvalue weighted by molar-refractivity contribution is 0.467. The normalized spacial score (nSPS) is 11.7. The van der Waals surface area contributed by atoms with Gasteiger partial charge in [0.05, 0.1) is 23.6 Å². The molecule has 2 rings (SSSR count). The first kappa shape index (κ1) is 14.5. The van der Waals surface area contributed by atoms with Crippen molar-refractivity contribution >= 4 is 17.3 Å². The summed E-state index contributed by atoms with van der Waals surface area (Å²) in [5.74, 6) is 0.871. The molecule has 20 heavy (non-hydrogen) atoms. The second-order valence-corrected chi connectivity index (χ2v) is 5.55. The zero-order valence-electron chi connectivity index (χ0n) is 12.1. The van der Waals surface area contributed by atoms with E-state index in [0.29, 0.717) is 0 Å². The van der Waals surface area contributed by atoms with Crippen LogP contribution in [0.5, 0.6) is 0 Å². The van der Waals surface area contributed by atoms with Gasteiger partial charge < -0.3 is 14.8 Å². The van der Waals surface area contributed by atoms with Crippen LogP contribution in [0.25, 0.3) is 0 Å². The molecule has 0 spiro atoms. The Hall–Kier alpha value is -1.89. The highest BCUT2D eigenvalue weighted by molar-refractivity contribution is 7.09. The number of imidazole rings is 1. The van der Waals surface area contributed by atoms with E-state index in [2.05, 4.69) is 30.6 Å². The third-order valence-electron chi connectivity index (χ3n) is 2.85. The summed E-state index contributed by atoms with van der Waals surface area (Å²) >= 11 is 1.67. The third kappa shape index (κ3) is 4.06. The fourth-order valence-corrected chi connectivity index (χ4v) is 2.50. The van der Waals surface area contributed by atoms with Gasteiger partial charge in [0.1, 0.15) is 0 Å². The van der Waals surface area contributed by atoms with Crippen molar-refractivity contribution in [2.75, 3.05) is 20.6 Å². The van der Waals surface area contributed by atoms with Crippen molar-refractivity contribution in [3.63, 3.8) is 0 Å². The Labute approximate surface area is 123 Å². The minimum atomic E-state index is 0.759. The zero-order chi connectivity index (χ0) is 14.4. The Morgan fingerprint density at radius 3 is 3.00 bits per heavy atom. The van der Waals surface area contributed by atoms with Gasteiger partial charge >= 0.3 is 0 Å². The minimum Gasteiger partial charge on any atom is -0.354 e. The monoisotopic (exact) mass is 292 g/mol. The molecule has 0 amide bonds. The predicted molar refractivity (Wildman–Crippen MR) is 81.9 cm³/mol. The molecule has 0 saturated heterocycles. The molecule has 108 valence electrons. The van der Waals surface area contributed by atoms with Gasteiger partial charge in [-0.25, -0.2) is 9.97 Å². The molecular weight excluding hydrogens is 272 g/mol. The highest BCUT2D eigenvalue weighted by Crippen LogP contribution is 2.09. The number of thiazole rings is 1. The molecule has 0 fully saturated rings. The Balaban J connectivity index is 1.81. The van der Waals surface area contributed by atoms with E-state index in [1.165, 1.54) is 0 Å². The van der Waals surface area contributed by atoms with Crippen LogP contribution >= 0.6 is 11.3 Å². The molecule has 0 bridgehead atoms. The van der Waals surface area contributed by atoms with Crippen molar-refractivity contribution in [3.05, 3.63) is 34.8 Å². The number of hydrogen-bond acceptors (Lipinski definition) is 4. The van der Waals surface area contributed by atoms with Gasteiger partial charge in [-0.3, -0.25) is 4.99 Å². The Morgan fingerprint density at radius 1 is 1.55 bits per heavy atom. The van der Waals surface area contributed by atoms with Crippen molar-refractivity contribution in [2.24, 2.45) is 4.99 Å². The fourth-order valence-electron chi connectivity index (χ4n) is 1.90. The molecule has 0 aliphatic carbocycles. The standard InChI is InChI=1S/C13H20N6S/c1-11-17-12(9-20-11)8-18(3)13(14-2)16-5-7-19-6-4-15-10-19/h4,6,9-10H,5,7-8H2,1-3H3,(H,14,16). The molecule has 0 radical (unpaired) electrons. The van der Waals surface area contributed by atoms with Crippen LogP contribution in [0.3, 0.4) is 0 Å². The highest BCUT2D eigenvalue weighted by atomic mass is 32.1. The van der Waals surface area contributed by atoms with E-state index < -0.39 is 0 Å². The van der Waals surface area contributed by atoms with Gasteiger partial charge in [0, 0.05) is 45.0 Å². The highest BCUT2D eigenvalue weighted by Gasteiger charge is 2.08. The molecular formula is C13H20N6S. The van der Waals surface area contributed by atoms with Crippen molar-refractivity contribution in [3.8, 4) is 0 Å². The first-order valence-corrected chi connectivity index (χ1v) is 7.35. The van der Waals surface area contributed by atoms with E-state index in [4.69, 9.17) is 0 Å². The average Bonchev–Trinajstić information content (AvgIpc) is 3.06. The number of rotatable bonds is 5. The van der Waals surface area contributed by atoms with Crippen LogP contribution in [-0.2, 0) is 13.1 Å². The molecule has 0 aromatic carbocycles. The largest absolute Gasteiger partial charge is 0.354 e. The Morgan fingerprint density at radius 2 is 2.40 bits per heavy atom. The smallest absolute Gasteiger partial charge is 0.193 e. The van der Waals surface area contributed by atoms with Gasteiger partial charge in [-0.15, -0.1) is 11.3 Å². The first-order valence-electron chi connectivity index (χ1n) is 6.47. The predicted octanol–water partition coefficient (Wildman–Crippen LogP) is 1.36. The second-order valence-electron chi connectivity index (χ2n) is 4.49. The molecule has 1 N–H and O–H groups in total. The summed E-state index contributed by atoms with van der Waals surface area (Å²) in [6.07, 6.45) is 5.55. The van der Waals surface area contributed by atoms with Crippen LogP contribution in [0.2, 0.25) is 0 Å². The molecule has 7 heteroatoms. The molecule has 0 aliphatic heterocycles. The maximum atomic E-state index is 4.47. The van der Waals surface area contributed by atoms with Crippen LogP contribution in [0.4, 0.5) is 0 Å². The van der Waals surface area contributed by atoms with Crippen LogP contribution in [-0.4, -0.2) is 46.0 Å². The van der Waals surface area contributed by atoms with E-state index in [0.717, 1.165) is 36.3 Å². The SMILES string of the molecule is CN=C(NCCn1ccnc1)N(C)Cc1csc(C)n1. The third-order valence-corrected chi connectivity index (χ3v) is 3.67. The van der Waals surface area contributed by atoms with E-state index >= 15 is 0 Å². The zero-order valence-corrected chi connectivity index (χ0v) is 12.9. The number of guanidine groups is 1. The van der Waals surface area contributed by atoms with Crippen LogP contribution < -0.4 is 5.32 Å². The lowest BCUT2D eigenvalue weighted by Crippen LogP contribution is -2.39. The summed E-state index contributed by atoms with van der Waals surface area (Å²) in [6, 6.07) is 0. The number of aryl methyl sites for hydroxylation is 1. The summed E-state index contributed by atoms with van der Waals surface area (Å²) < 4.78 is 2.03. The summed E-state index contributed by atoms with van der Waals surface area (Å²) in [7, 11) is 3.81. The number of nitrogens with zero attached hydrogens (tertiary/aromatic N) is 5. The molecule has 2 heterocycles. The van der Waals surface area contributed by atoms with E-state index in [-0.39, 0.29) is 0 Å². The van der Waals surface area contributed by atoms with Gasteiger partial charge in [0.15, 0.2) is 5.96 Å². The summed E-state index contributed by atoms with van der Waals surface area (Å²) in [5, 5.41) is 6.52. The lowest BCUT2D eigenvalue weighted by atomic mass is 10.4. The van der Waals surface area contributed by atoms with Gasteiger partial charge in [-0.1, -0.05) is 0 Å². The number of aliphatic imine (C=N–C) groups is 1. The average molecular weight is 292 g/mol. The van der Waals surface area contributed by atoms with Crippen molar-refractivity contribution in [2.45, 2.75) is 20.0 Å². The molecule has 0 saturated carbocycles. The summed E-state index contributed by atoms with van der Waals surface area (Å²) in [4.78, 5) is 14.9. The number of hydrogen-bond donors (Lipinski definition) is 1. The first-order chi connectivity index (χ1) is 9.69. The molecule has 0 atom stereocenters. The van der Waals surface area contributed by atoms with Crippen LogP contribution in [0.15, 0.2) is 29.1 Å².